The first kappa shape index (κ1) is 19.7. The molecule has 0 aliphatic heterocycles. The average Bonchev–Trinajstić information content (AvgIpc) is 2.68. The second-order valence-corrected chi connectivity index (χ2v) is 9.76. The van der Waals surface area contributed by atoms with Gasteiger partial charge in [0, 0.05) is 20.6 Å². The van der Waals surface area contributed by atoms with Crippen molar-refractivity contribution in [3.8, 4) is 5.75 Å². The Kier molecular flexibility index (Phi) is 6.38. The Morgan fingerprint density at radius 3 is 2.04 bits per heavy atom. The molecule has 8 heteroatoms. The normalized spacial score (nSPS) is 12.5. The molecule has 0 saturated heterocycles. The molecule has 3 rings (SSSR count). The molecule has 3 aromatic rings. The molecule has 0 aliphatic carbocycles. The topological polar surface area (TPSA) is 55.7 Å². The van der Waals surface area contributed by atoms with Gasteiger partial charge in [0.15, 0.2) is 0 Å². The first-order valence-electron chi connectivity index (χ1n) is 7.75. The summed E-state index contributed by atoms with van der Waals surface area (Å²) in [5.74, 6) is 0.523. The number of halogens is 1. The summed E-state index contributed by atoms with van der Waals surface area (Å²) >= 11 is 11.2. The third-order valence-electron chi connectivity index (χ3n) is 3.35. The van der Waals surface area contributed by atoms with E-state index in [4.69, 9.17) is 28.6 Å². The smallest absolute Gasteiger partial charge is 0.288 e. The van der Waals surface area contributed by atoms with Crippen molar-refractivity contribution in [3.05, 3.63) is 90.0 Å². The van der Waals surface area contributed by atoms with Gasteiger partial charge in [0.1, 0.15) is 5.75 Å². The predicted molar refractivity (Wildman–Crippen MR) is 113 cm³/mol. The van der Waals surface area contributed by atoms with Crippen LogP contribution in [0, 0.1) is 0 Å². The van der Waals surface area contributed by atoms with Gasteiger partial charge in [-0.3, -0.25) is 0 Å². The van der Waals surface area contributed by atoms with Crippen molar-refractivity contribution in [3.63, 3.8) is 0 Å². The zero-order valence-electron chi connectivity index (χ0n) is 13.9. The SMILES string of the molecule is O=S(=O)(N=S(C(=S)Oc1ccccc1)c1ccccc1)c1ccc(Cl)cc1. The molecule has 27 heavy (non-hydrogen) atoms. The molecule has 0 aromatic heterocycles. The Morgan fingerprint density at radius 2 is 1.44 bits per heavy atom. The summed E-state index contributed by atoms with van der Waals surface area (Å²) in [6.07, 6.45) is 0. The van der Waals surface area contributed by atoms with Gasteiger partial charge in [0.2, 0.25) is 4.38 Å². The minimum atomic E-state index is -3.95. The van der Waals surface area contributed by atoms with Crippen molar-refractivity contribution < 1.29 is 13.2 Å². The molecule has 0 heterocycles. The molecular weight excluding hydrogens is 422 g/mol. The number of ether oxygens (including phenoxy) is 1. The first-order chi connectivity index (χ1) is 13.0. The van der Waals surface area contributed by atoms with Gasteiger partial charge in [-0.2, -0.15) is 8.42 Å². The fraction of sp³-hybridized carbons (Fsp3) is 0. The summed E-state index contributed by atoms with van der Waals surface area (Å²) < 4.78 is 35.4. The maximum atomic E-state index is 12.8. The fourth-order valence-corrected chi connectivity index (χ4v) is 5.86. The molecule has 0 saturated carbocycles. The molecule has 0 spiro atoms. The van der Waals surface area contributed by atoms with Crippen LogP contribution in [0.3, 0.4) is 0 Å². The molecule has 0 fully saturated rings. The third-order valence-corrected chi connectivity index (χ3v) is 7.53. The molecule has 0 aliphatic rings. The standard InChI is InChI=1S/C19H14ClNO3S3/c20-15-11-13-18(14-12-15)27(22,23)21-26(17-9-5-2-6-10-17)19(25)24-16-7-3-1-4-8-16/h1-14H. The summed E-state index contributed by atoms with van der Waals surface area (Å²) in [6, 6.07) is 23.7. The van der Waals surface area contributed by atoms with Gasteiger partial charge >= 0.3 is 0 Å². The predicted octanol–water partition coefficient (Wildman–Crippen LogP) is 5.25. The van der Waals surface area contributed by atoms with Crippen LogP contribution in [0.2, 0.25) is 5.02 Å². The van der Waals surface area contributed by atoms with E-state index in [1.54, 1.807) is 48.5 Å². The van der Waals surface area contributed by atoms with E-state index in [9.17, 15) is 8.42 Å². The van der Waals surface area contributed by atoms with Crippen molar-refractivity contribution in [1.82, 2.24) is 0 Å². The van der Waals surface area contributed by atoms with Crippen molar-refractivity contribution >= 4 is 48.9 Å². The zero-order valence-corrected chi connectivity index (χ0v) is 17.1. The highest BCUT2D eigenvalue weighted by atomic mass is 35.5. The largest absolute Gasteiger partial charge is 0.439 e. The van der Waals surface area contributed by atoms with Crippen molar-refractivity contribution in [1.29, 1.82) is 0 Å². The number of para-hydroxylation sites is 1. The van der Waals surface area contributed by atoms with Gasteiger partial charge in [-0.1, -0.05) is 48.0 Å². The lowest BCUT2D eigenvalue weighted by Crippen LogP contribution is -2.14. The van der Waals surface area contributed by atoms with Gasteiger partial charge in [0.05, 0.1) is 4.90 Å². The van der Waals surface area contributed by atoms with Gasteiger partial charge in [-0.15, -0.1) is 3.77 Å². The van der Waals surface area contributed by atoms with Gasteiger partial charge in [-0.25, -0.2) is 0 Å². The average molecular weight is 436 g/mol. The second-order valence-electron chi connectivity index (χ2n) is 5.27. The Labute approximate surface area is 170 Å². The summed E-state index contributed by atoms with van der Waals surface area (Å²) in [4.78, 5) is 0.693. The molecule has 1 unspecified atom stereocenters. The zero-order chi connectivity index (χ0) is 19.3. The molecule has 0 N–H and O–H groups in total. The maximum absolute atomic E-state index is 12.8. The quantitative estimate of drug-likeness (QED) is 0.525. The number of benzene rings is 3. The molecule has 0 amide bonds. The highest BCUT2D eigenvalue weighted by Crippen LogP contribution is 2.21. The van der Waals surface area contributed by atoms with Crippen molar-refractivity contribution in [2.75, 3.05) is 0 Å². The number of hydrogen-bond acceptors (Lipinski definition) is 4. The fourth-order valence-electron chi connectivity index (χ4n) is 2.09. The maximum Gasteiger partial charge on any atom is 0.288 e. The minimum absolute atomic E-state index is 0.0443. The van der Waals surface area contributed by atoms with Crippen LogP contribution in [-0.2, 0) is 20.7 Å². The Hall–Kier alpha value is -2.06. The van der Waals surface area contributed by atoms with E-state index in [1.165, 1.54) is 24.3 Å². The third kappa shape index (κ3) is 5.23. The lowest BCUT2D eigenvalue weighted by Gasteiger charge is -2.11. The number of hydrogen-bond donors (Lipinski definition) is 0. The van der Waals surface area contributed by atoms with Crippen molar-refractivity contribution in [2.45, 2.75) is 9.79 Å². The second kappa shape index (κ2) is 8.75. The Morgan fingerprint density at radius 1 is 0.889 bits per heavy atom. The summed E-state index contributed by atoms with van der Waals surface area (Å²) in [6.45, 7) is 0. The molecule has 138 valence electrons. The molecule has 4 nitrogen and oxygen atoms in total. The summed E-state index contributed by atoms with van der Waals surface area (Å²) in [5, 5.41) is 0.443. The number of rotatable bonds is 4. The molecule has 0 bridgehead atoms. The molecular formula is C19H14ClNO3S3. The van der Waals surface area contributed by atoms with Crippen LogP contribution in [0.25, 0.3) is 0 Å². The van der Waals surface area contributed by atoms with Crippen LogP contribution >= 0.6 is 23.8 Å². The Bertz CT molecular complexity index is 1070. The Balaban J connectivity index is 2.03. The van der Waals surface area contributed by atoms with E-state index in [-0.39, 0.29) is 9.28 Å². The van der Waals surface area contributed by atoms with E-state index in [0.717, 1.165) is 0 Å². The number of sulfonamides is 1. The van der Waals surface area contributed by atoms with E-state index < -0.39 is 20.7 Å². The molecule has 1 atom stereocenters. The van der Waals surface area contributed by atoms with Crippen LogP contribution in [0.1, 0.15) is 0 Å². The first-order valence-corrected chi connectivity index (χ1v) is 11.2. The van der Waals surface area contributed by atoms with Crippen LogP contribution in [0.5, 0.6) is 5.75 Å². The van der Waals surface area contributed by atoms with Gasteiger partial charge < -0.3 is 4.74 Å². The molecule has 0 radical (unpaired) electrons. The minimum Gasteiger partial charge on any atom is -0.439 e. The van der Waals surface area contributed by atoms with E-state index >= 15 is 0 Å². The monoisotopic (exact) mass is 435 g/mol. The number of thiocarbonyl (C=S) groups is 1. The van der Waals surface area contributed by atoms with Crippen LogP contribution < -0.4 is 4.74 Å². The molecule has 3 aromatic carbocycles. The van der Waals surface area contributed by atoms with Crippen LogP contribution in [0.4, 0.5) is 0 Å². The van der Waals surface area contributed by atoms with E-state index in [0.29, 0.717) is 15.7 Å². The van der Waals surface area contributed by atoms with E-state index in [1.807, 2.05) is 12.1 Å². The summed E-state index contributed by atoms with van der Waals surface area (Å²) in [7, 11) is -5.25. The van der Waals surface area contributed by atoms with Gasteiger partial charge in [-0.05, 0) is 60.7 Å². The lowest BCUT2D eigenvalue weighted by atomic mass is 10.3. The highest BCUT2D eigenvalue weighted by molar-refractivity contribution is 8.17. The van der Waals surface area contributed by atoms with E-state index in [2.05, 4.69) is 3.77 Å². The van der Waals surface area contributed by atoms with Gasteiger partial charge in [0.25, 0.3) is 10.0 Å². The summed E-state index contributed by atoms with van der Waals surface area (Å²) in [5.41, 5.74) is 0. The van der Waals surface area contributed by atoms with Crippen LogP contribution in [-0.4, -0.2) is 12.8 Å². The number of nitrogens with zero attached hydrogens (tertiary/aromatic N) is 1. The lowest BCUT2D eigenvalue weighted by molar-refractivity contribution is 0.578. The van der Waals surface area contributed by atoms with Crippen molar-refractivity contribution in [2.24, 2.45) is 3.77 Å². The van der Waals surface area contributed by atoms with Crippen LogP contribution in [0.15, 0.2) is 98.5 Å². The highest BCUT2D eigenvalue weighted by Gasteiger charge is 2.19.